The van der Waals surface area contributed by atoms with Crippen LogP contribution in [0.1, 0.15) is 11.5 Å². The van der Waals surface area contributed by atoms with Crippen LogP contribution in [-0.2, 0) is 16.4 Å². The minimum Gasteiger partial charge on any atom is -0.441 e. The summed E-state index contributed by atoms with van der Waals surface area (Å²) in [6.07, 6.45) is 0.393. The Morgan fingerprint density at radius 2 is 1.82 bits per heavy atom. The largest absolute Gasteiger partial charge is 0.441 e. The van der Waals surface area contributed by atoms with E-state index in [9.17, 15) is 13.2 Å². The summed E-state index contributed by atoms with van der Waals surface area (Å²) in [6, 6.07) is 13.9. The number of H-pyrrole nitrogens is 2. The molecule has 0 aliphatic rings. The number of hydrogen-bond donors (Lipinski definition) is 3. The second-order valence-electron chi connectivity index (χ2n) is 6.32. The number of nitrogens with one attached hydrogen (secondary N) is 3. The summed E-state index contributed by atoms with van der Waals surface area (Å²) in [6.45, 7) is 1.98. The van der Waals surface area contributed by atoms with Gasteiger partial charge in [-0.05, 0) is 37.3 Å². The average Bonchev–Trinajstić information content (AvgIpc) is 3.23. The van der Waals surface area contributed by atoms with Gasteiger partial charge >= 0.3 is 5.69 Å². The Labute approximate surface area is 160 Å². The van der Waals surface area contributed by atoms with Gasteiger partial charge in [-0.3, -0.25) is 0 Å². The van der Waals surface area contributed by atoms with Crippen LogP contribution >= 0.6 is 0 Å². The SMILES string of the molecule is Cc1oc(-c2ccccc2)nc1CCNS(=O)(=O)c1ccc2[nH]c(=O)[nH]c2c1. The number of nitrogens with zero attached hydrogens (tertiary/aromatic N) is 1. The van der Waals surface area contributed by atoms with Crippen LogP contribution in [0.2, 0.25) is 0 Å². The number of fused-ring (bicyclic) bond motifs is 1. The summed E-state index contributed by atoms with van der Waals surface area (Å²) in [4.78, 5) is 21.0. The van der Waals surface area contributed by atoms with Crippen molar-refractivity contribution < 1.29 is 12.8 Å². The first kappa shape index (κ1) is 18.2. The summed E-state index contributed by atoms with van der Waals surface area (Å²) in [7, 11) is -3.72. The maximum atomic E-state index is 12.5. The van der Waals surface area contributed by atoms with Crippen LogP contribution in [0.3, 0.4) is 0 Å². The Hall–Kier alpha value is -3.17. The number of imidazole rings is 1. The molecule has 4 aromatic rings. The first-order chi connectivity index (χ1) is 13.4. The van der Waals surface area contributed by atoms with Gasteiger partial charge in [0.2, 0.25) is 15.9 Å². The number of aromatic amines is 2. The number of aromatic nitrogens is 3. The van der Waals surface area contributed by atoms with Gasteiger partial charge in [0, 0.05) is 18.5 Å². The molecular weight excluding hydrogens is 380 g/mol. The molecule has 0 unspecified atom stereocenters. The van der Waals surface area contributed by atoms with E-state index in [1.54, 1.807) is 13.0 Å². The van der Waals surface area contributed by atoms with Crippen molar-refractivity contribution >= 4 is 21.1 Å². The Balaban J connectivity index is 1.46. The minimum absolute atomic E-state index is 0.0806. The summed E-state index contributed by atoms with van der Waals surface area (Å²) >= 11 is 0. The summed E-state index contributed by atoms with van der Waals surface area (Å²) in [5.74, 6) is 1.17. The highest BCUT2D eigenvalue weighted by Crippen LogP contribution is 2.21. The van der Waals surface area contributed by atoms with Crippen LogP contribution in [0.25, 0.3) is 22.5 Å². The lowest BCUT2D eigenvalue weighted by Gasteiger charge is -2.06. The standard InChI is InChI=1S/C19H18N4O4S/c1-12-15(21-18(27-12)13-5-3-2-4-6-13)9-10-20-28(25,26)14-7-8-16-17(11-14)23-19(24)22-16/h2-8,11,20H,9-10H2,1H3,(H2,22,23,24). The Bertz CT molecular complexity index is 1290. The molecule has 4 rings (SSSR count). The van der Waals surface area contributed by atoms with Crippen molar-refractivity contribution in [1.82, 2.24) is 19.7 Å². The van der Waals surface area contributed by atoms with Crippen LogP contribution < -0.4 is 10.4 Å². The Kier molecular flexibility index (Phi) is 4.62. The van der Waals surface area contributed by atoms with E-state index < -0.39 is 10.0 Å². The molecule has 0 fully saturated rings. The van der Waals surface area contributed by atoms with E-state index in [2.05, 4.69) is 19.7 Å². The third-order valence-electron chi connectivity index (χ3n) is 4.37. The molecule has 0 saturated heterocycles. The zero-order chi connectivity index (χ0) is 19.7. The fraction of sp³-hybridized carbons (Fsp3) is 0.158. The van der Waals surface area contributed by atoms with Crippen LogP contribution in [0, 0.1) is 6.92 Å². The molecule has 28 heavy (non-hydrogen) atoms. The first-order valence-corrected chi connectivity index (χ1v) is 10.1. The number of oxazole rings is 1. The Morgan fingerprint density at radius 1 is 1.07 bits per heavy atom. The van der Waals surface area contributed by atoms with Crippen molar-refractivity contribution in [2.45, 2.75) is 18.2 Å². The summed E-state index contributed by atoms with van der Waals surface area (Å²) in [5, 5.41) is 0. The van der Waals surface area contributed by atoms with Crippen molar-refractivity contribution in [1.29, 1.82) is 0 Å². The number of sulfonamides is 1. The molecule has 0 bridgehead atoms. The molecule has 2 heterocycles. The van der Waals surface area contributed by atoms with Crippen molar-refractivity contribution in [2.75, 3.05) is 6.54 Å². The lowest BCUT2D eigenvalue weighted by Crippen LogP contribution is -2.26. The molecule has 8 nitrogen and oxygen atoms in total. The van der Waals surface area contributed by atoms with E-state index in [1.165, 1.54) is 12.1 Å². The van der Waals surface area contributed by atoms with Crippen LogP contribution in [0.5, 0.6) is 0 Å². The summed E-state index contributed by atoms with van der Waals surface area (Å²) < 4.78 is 33.3. The predicted octanol–water partition coefficient (Wildman–Crippen LogP) is 2.34. The number of benzene rings is 2. The van der Waals surface area contributed by atoms with Gasteiger partial charge in [0.1, 0.15) is 5.76 Å². The third kappa shape index (κ3) is 3.62. The van der Waals surface area contributed by atoms with E-state index in [-0.39, 0.29) is 17.1 Å². The lowest BCUT2D eigenvalue weighted by atomic mass is 10.2. The summed E-state index contributed by atoms with van der Waals surface area (Å²) in [5.41, 5.74) is 2.18. The van der Waals surface area contributed by atoms with Crippen molar-refractivity contribution in [3.8, 4) is 11.5 Å². The minimum atomic E-state index is -3.72. The zero-order valence-electron chi connectivity index (χ0n) is 15.0. The molecule has 3 N–H and O–H groups in total. The molecule has 0 saturated carbocycles. The van der Waals surface area contributed by atoms with Gasteiger partial charge in [-0.25, -0.2) is 22.9 Å². The molecule has 2 aromatic carbocycles. The molecule has 0 atom stereocenters. The molecule has 2 aromatic heterocycles. The number of hydrogen-bond acceptors (Lipinski definition) is 5. The lowest BCUT2D eigenvalue weighted by molar-refractivity contribution is 0.538. The van der Waals surface area contributed by atoms with Crippen molar-refractivity contribution in [2.24, 2.45) is 0 Å². The fourth-order valence-corrected chi connectivity index (χ4v) is 3.99. The van der Waals surface area contributed by atoms with Crippen molar-refractivity contribution in [3.05, 3.63) is 70.5 Å². The first-order valence-electron chi connectivity index (χ1n) is 8.66. The number of rotatable bonds is 6. The van der Waals surface area contributed by atoms with Gasteiger partial charge in [-0.15, -0.1) is 0 Å². The van der Waals surface area contributed by atoms with Gasteiger partial charge in [0.15, 0.2) is 0 Å². The molecular formula is C19H18N4O4S. The van der Waals surface area contributed by atoms with E-state index in [4.69, 9.17) is 4.42 Å². The van der Waals surface area contributed by atoms with E-state index in [0.717, 1.165) is 5.56 Å². The highest BCUT2D eigenvalue weighted by molar-refractivity contribution is 7.89. The highest BCUT2D eigenvalue weighted by atomic mass is 32.2. The monoisotopic (exact) mass is 398 g/mol. The van der Waals surface area contributed by atoms with E-state index in [1.807, 2.05) is 30.3 Å². The van der Waals surface area contributed by atoms with Gasteiger partial charge in [0.05, 0.1) is 21.6 Å². The molecule has 0 spiro atoms. The second kappa shape index (κ2) is 7.10. The van der Waals surface area contributed by atoms with Crippen molar-refractivity contribution in [3.63, 3.8) is 0 Å². The Morgan fingerprint density at radius 3 is 2.61 bits per heavy atom. The predicted molar refractivity (Wildman–Crippen MR) is 104 cm³/mol. The van der Waals surface area contributed by atoms with E-state index in [0.29, 0.717) is 34.8 Å². The molecule has 9 heteroatoms. The maximum absolute atomic E-state index is 12.5. The van der Waals surface area contributed by atoms with Crippen LogP contribution in [0.15, 0.2) is 62.6 Å². The maximum Gasteiger partial charge on any atom is 0.323 e. The molecule has 144 valence electrons. The second-order valence-corrected chi connectivity index (χ2v) is 8.09. The third-order valence-corrected chi connectivity index (χ3v) is 5.82. The van der Waals surface area contributed by atoms with Gasteiger partial charge < -0.3 is 14.4 Å². The zero-order valence-corrected chi connectivity index (χ0v) is 15.8. The molecule has 0 amide bonds. The highest BCUT2D eigenvalue weighted by Gasteiger charge is 2.16. The van der Waals surface area contributed by atoms with E-state index >= 15 is 0 Å². The van der Waals surface area contributed by atoms with Crippen LogP contribution in [0.4, 0.5) is 0 Å². The normalized spacial score (nSPS) is 11.9. The molecule has 0 aliphatic heterocycles. The van der Waals surface area contributed by atoms with Gasteiger partial charge in [-0.1, -0.05) is 18.2 Å². The molecule has 0 radical (unpaired) electrons. The number of aryl methyl sites for hydroxylation is 1. The van der Waals surface area contributed by atoms with Gasteiger partial charge in [0.25, 0.3) is 0 Å². The fourth-order valence-electron chi connectivity index (χ4n) is 2.93. The van der Waals surface area contributed by atoms with Gasteiger partial charge in [-0.2, -0.15) is 0 Å². The quantitative estimate of drug-likeness (QED) is 0.460. The smallest absolute Gasteiger partial charge is 0.323 e. The molecule has 0 aliphatic carbocycles. The van der Waals surface area contributed by atoms with Crippen LogP contribution in [-0.4, -0.2) is 29.9 Å². The topological polar surface area (TPSA) is 121 Å². The average molecular weight is 398 g/mol.